The second-order valence-corrected chi connectivity index (χ2v) is 8.36. The van der Waals surface area contributed by atoms with Gasteiger partial charge in [-0.2, -0.15) is 0 Å². The van der Waals surface area contributed by atoms with Gasteiger partial charge in [0.15, 0.2) is 0 Å². The summed E-state index contributed by atoms with van der Waals surface area (Å²) in [6.45, 7) is 2.75. The van der Waals surface area contributed by atoms with Crippen LogP contribution in [-0.4, -0.2) is 20.0 Å². The highest BCUT2D eigenvalue weighted by Gasteiger charge is 2.33. The minimum absolute atomic E-state index is 0.277. The number of rotatable bonds is 6. The van der Waals surface area contributed by atoms with Crippen molar-refractivity contribution in [2.75, 3.05) is 0 Å². The molecule has 116 valence electrons. The van der Waals surface area contributed by atoms with Crippen LogP contribution in [0.25, 0.3) is 0 Å². The second-order valence-electron chi connectivity index (χ2n) is 6.68. The molecule has 0 spiro atoms. The number of hydrogen-bond donors (Lipinski definition) is 2. The van der Waals surface area contributed by atoms with Crippen LogP contribution in [0.3, 0.4) is 0 Å². The van der Waals surface area contributed by atoms with E-state index in [2.05, 4.69) is 10.0 Å². The van der Waals surface area contributed by atoms with Gasteiger partial charge in [-0.3, -0.25) is 0 Å². The third-order valence-electron chi connectivity index (χ3n) is 4.47. The Morgan fingerprint density at radius 3 is 2.62 bits per heavy atom. The average molecular weight is 308 g/mol. The fourth-order valence-corrected chi connectivity index (χ4v) is 4.55. The maximum atomic E-state index is 12.6. The molecule has 2 N–H and O–H groups in total. The molecule has 0 saturated heterocycles. The van der Waals surface area contributed by atoms with E-state index in [1.54, 1.807) is 12.1 Å². The van der Waals surface area contributed by atoms with Crippen molar-refractivity contribution in [2.45, 2.75) is 68.5 Å². The fourth-order valence-electron chi connectivity index (χ4n) is 3.01. The van der Waals surface area contributed by atoms with E-state index in [0.29, 0.717) is 10.9 Å². The molecule has 0 bridgehead atoms. The van der Waals surface area contributed by atoms with Gasteiger partial charge in [0.2, 0.25) is 10.0 Å². The molecule has 1 aromatic rings. The van der Waals surface area contributed by atoms with Crippen LogP contribution in [0.4, 0.5) is 0 Å². The lowest BCUT2D eigenvalue weighted by molar-refractivity contribution is 0.427. The van der Waals surface area contributed by atoms with Gasteiger partial charge in [0.05, 0.1) is 4.90 Å². The zero-order valence-electron chi connectivity index (χ0n) is 12.6. The molecule has 4 nitrogen and oxygen atoms in total. The topological polar surface area (TPSA) is 58.2 Å². The van der Waals surface area contributed by atoms with Gasteiger partial charge >= 0.3 is 0 Å². The number of sulfonamides is 1. The highest BCUT2D eigenvalue weighted by atomic mass is 32.2. The summed E-state index contributed by atoms with van der Waals surface area (Å²) in [7, 11) is -3.43. The molecule has 3 rings (SSSR count). The summed E-state index contributed by atoms with van der Waals surface area (Å²) in [4.78, 5) is 0.380. The van der Waals surface area contributed by atoms with Crippen LogP contribution in [0, 0.1) is 0 Å². The van der Waals surface area contributed by atoms with Gasteiger partial charge in [0.25, 0.3) is 0 Å². The van der Waals surface area contributed by atoms with Crippen molar-refractivity contribution >= 4 is 10.0 Å². The second kappa shape index (κ2) is 5.71. The molecule has 2 aliphatic carbocycles. The first-order valence-electron chi connectivity index (χ1n) is 7.83. The zero-order valence-corrected chi connectivity index (χ0v) is 13.4. The summed E-state index contributed by atoms with van der Waals surface area (Å²) in [5.74, 6) is 0. The molecule has 0 heterocycles. The van der Waals surface area contributed by atoms with Crippen LogP contribution < -0.4 is 10.0 Å². The Labute approximate surface area is 127 Å². The standard InChI is InChI=1S/C16H24N2O2S/c1-16(9-2-3-10-16)18-21(19,20)15-6-4-5-13(11-15)12-17-14-7-8-14/h4-6,11,14,17-18H,2-3,7-10,12H2,1H3. The summed E-state index contributed by atoms with van der Waals surface area (Å²) >= 11 is 0. The van der Waals surface area contributed by atoms with E-state index in [-0.39, 0.29) is 5.54 Å². The Bertz CT molecular complexity index is 602. The van der Waals surface area contributed by atoms with Gasteiger partial charge in [0.1, 0.15) is 0 Å². The number of benzene rings is 1. The Kier molecular flexibility index (Phi) is 4.08. The van der Waals surface area contributed by atoms with E-state index in [0.717, 1.165) is 37.8 Å². The van der Waals surface area contributed by atoms with Crippen LogP contribution >= 0.6 is 0 Å². The van der Waals surface area contributed by atoms with E-state index >= 15 is 0 Å². The maximum absolute atomic E-state index is 12.6. The molecule has 2 aliphatic rings. The lowest BCUT2D eigenvalue weighted by Crippen LogP contribution is -2.43. The molecule has 0 amide bonds. The van der Waals surface area contributed by atoms with Gasteiger partial charge in [-0.25, -0.2) is 13.1 Å². The molecule has 0 unspecified atom stereocenters. The van der Waals surface area contributed by atoms with Crippen LogP contribution in [0.5, 0.6) is 0 Å². The van der Waals surface area contributed by atoms with Gasteiger partial charge in [-0.05, 0) is 50.3 Å². The molecule has 2 saturated carbocycles. The van der Waals surface area contributed by atoms with E-state index in [1.165, 1.54) is 12.8 Å². The lowest BCUT2D eigenvalue weighted by Gasteiger charge is -2.25. The average Bonchev–Trinajstić information content (AvgIpc) is 3.18. The Hall–Kier alpha value is -0.910. The van der Waals surface area contributed by atoms with Crippen LogP contribution in [0.15, 0.2) is 29.2 Å². The lowest BCUT2D eigenvalue weighted by atomic mass is 10.0. The van der Waals surface area contributed by atoms with Crippen molar-refractivity contribution in [3.63, 3.8) is 0 Å². The molecule has 5 heteroatoms. The minimum Gasteiger partial charge on any atom is -0.310 e. The normalized spacial score (nSPS) is 21.6. The van der Waals surface area contributed by atoms with Crippen LogP contribution in [0.1, 0.15) is 51.0 Å². The zero-order chi connectivity index (χ0) is 14.9. The first-order chi connectivity index (χ1) is 9.97. The first kappa shape index (κ1) is 15.0. The van der Waals surface area contributed by atoms with Gasteiger partial charge in [0, 0.05) is 18.1 Å². The van der Waals surface area contributed by atoms with Crippen LogP contribution in [-0.2, 0) is 16.6 Å². The largest absolute Gasteiger partial charge is 0.310 e. The van der Waals surface area contributed by atoms with Crippen molar-refractivity contribution in [1.29, 1.82) is 0 Å². The molecular weight excluding hydrogens is 284 g/mol. The molecule has 1 aromatic carbocycles. The summed E-state index contributed by atoms with van der Waals surface area (Å²) in [6, 6.07) is 7.90. The van der Waals surface area contributed by atoms with Crippen molar-refractivity contribution in [2.24, 2.45) is 0 Å². The molecule has 0 aromatic heterocycles. The van der Waals surface area contributed by atoms with Gasteiger partial charge < -0.3 is 5.32 Å². The first-order valence-corrected chi connectivity index (χ1v) is 9.32. The van der Waals surface area contributed by atoms with Crippen molar-refractivity contribution in [1.82, 2.24) is 10.0 Å². The Balaban J connectivity index is 1.72. The number of hydrogen-bond acceptors (Lipinski definition) is 3. The minimum atomic E-state index is -3.43. The van der Waals surface area contributed by atoms with E-state index in [4.69, 9.17) is 0 Å². The van der Waals surface area contributed by atoms with Gasteiger partial charge in [-0.1, -0.05) is 25.0 Å². The quantitative estimate of drug-likeness (QED) is 0.849. The maximum Gasteiger partial charge on any atom is 0.241 e. The van der Waals surface area contributed by atoms with Crippen molar-refractivity contribution in [3.05, 3.63) is 29.8 Å². The summed E-state index contributed by atoms with van der Waals surface area (Å²) in [5, 5.41) is 3.42. The Morgan fingerprint density at radius 2 is 1.95 bits per heavy atom. The summed E-state index contributed by atoms with van der Waals surface area (Å²) in [6.07, 6.45) is 6.52. The van der Waals surface area contributed by atoms with E-state index in [9.17, 15) is 8.42 Å². The fraction of sp³-hybridized carbons (Fsp3) is 0.625. The van der Waals surface area contributed by atoms with E-state index in [1.807, 2.05) is 19.1 Å². The summed E-state index contributed by atoms with van der Waals surface area (Å²) < 4.78 is 28.0. The Morgan fingerprint density at radius 1 is 1.24 bits per heavy atom. The smallest absolute Gasteiger partial charge is 0.241 e. The van der Waals surface area contributed by atoms with Crippen molar-refractivity contribution < 1.29 is 8.42 Å². The predicted molar refractivity (Wildman–Crippen MR) is 83.5 cm³/mol. The third kappa shape index (κ3) is 3.84. The highest BCUT2D eigenvalue weighted by molar-refractivity contribution is 7.89. The van der Waals surface area contributed by atoms with Crippen LogP contribution in [0.2, 0.25) is 0 Å². The third-order valence-corrected chi connectivity index (χ3v) is 6.10. The molecular formula is C16H24N2O2S. The van der Waals surface area contributed by atoms with Gasteiger partial charge in [-0.15, -0.1) is 0 Å². The highest BCUT2D eigenvalue weighted by Crippen LogP contribution is 2.30. The number of nitrogens with one attached hydrogen (secondary N) is 2. The molecule has 0 radical (unpaired) electrons. The van der Waals surface area contributed by atoms with Crippen molar-refractivity contribution in [3.8, 4) is 0 Å². The SMILES string of the molecule is CC1(NS(=O)(=O)c2cccc(CNC3CC3)c2)CCCC1. The molecule has 2 fully saturated rings. The monoisotopic (exact) mass is 308 g/mol. The van der Waals surface area contributed by atoms with E-state index < -0.39 is 10.0 Å². The molecule has 21 heavy (non-hydrogen) atoms. The molecule has 0 aliphatic heterocycles. The summed E-state index contributed by atoms with van der Waals surface area (Å²) in [5.41, 5.74) is 0.752. The predicted octanol–water partition coefficient (Wildman–Crippen LogP) is 2.55. The molecule has 0 atom stereocenters.